The lowest BCUT2D eigenvalue weighted by molar-refractivity contribution is -0.0345. The third-order valence-corrected chi connectivity index (χ3v) is 10.5. The van der Waals surface area contributed by atoms with Gasteiger partial charge in [-0.05, 0) is 95.9 Å². The van der Waals surface area contributed by atoms with E-state index >= 15 is 0 Å². The molecule has 4 rings (SSSR count). The van der Waals surface area contributed by atoms with Crippen LogP contribution >= 0.6 is 16.3 Å². The highest BCUT2D eigenvalue weighted by molar-refractivity contribution is 7.58. The van der Waals surface area contributed by atoms with Crippen LogP contribution in [0.1, 0.15) is 73.8 Å². The Balaban J connectivity index is 1.33. The van der Waals surface area contributed by atoms with Gasteiger partial charge in [0.1, 0.15) is 5.60 Å². The van der Waals surface area contributed by atoms with Crippen LogP contribution < -0.4 is 0 Å². The molecule has 2 unspecified atom stereocenters. The minimum absolute atomic E-state index is 0.225. The van der Waals surface area contributed by atoms with E-state index in [2.05, 4.69) is 114 Å². The minimum Gasteiger partial charge on any atom is -0.474 e. The van der Waals surface area contributed by atoms with Gasteiger partial charge in [-0.3, -0.25) is 0 Å². The number of rotatable bonds is 12. The quantitative estimate of drug-likeness (QED) is 0.118. The Morgan fingerprint density at radius 2 is 1.69 bits per heavy atom. The van der Waals surface area contributed by atoms with E-state index < -0.39 is 7.69 Å². The number of piperidine rings is 1. The molecule has 0 saturated carbocycles. The lowest BCUT2D eigenvalue weighted by atomic mass is 10.1. The Hall–Kier alpha value is -2.71. The first kappa shape index (κ1) is 32.2. The molecule has 2 aromatic carbocycles. The van der Waals surface area contributed by atoms with E-state index in [1.54, 1.807) is 0 Å². The molecule has 1 aliphatic heterocycles. The predicted molar refractivity (Wildman–Crippen MR) is 182 cm³/mol. The van der Waals surface area contributed by atoms with Gasteiger partial charge in [-0.2, -0.15) is 0 Å². The smallest absolute Gasteiger partial charge is 0.182 e. The number of benzene rings is 2. The normalized spacial score (nSPS) is 15.4. The predicted octanol–water partition coefficient (Wildman–Crippen LogP) is 8.98. The van der Waals surface area contributed by atoms with Crippen molar-refractivity contribution in [3.63, 3.8) is 0 Å². The molecule has 2 atom stereocenters. The van der Waals surface area contributed by atoms with Crippen LogP contribution in [0.25, 0.3) is 5.70 Å². The van der Waals surface area contributed by atoms with Crippen molar-refractivity contribution in [1.29, 1.82) is 0 Å². The zero-order chi connectivity index (χ0) is 30.3. The van der Waals surface area contributed by atoms with Gasteiger partial charge in [-0.15, -0.1) is 0 Å². The summed E-state index contributed by atoms with van der Waals surface area (Å²) in [6.07, 6.45) is 4.21. The maximum atomic E-state index is 6.26. The van der Waals surface area contributed by atoms with Crippen LogP contribution in [0, 0.1) is 6.92 Å². The molecule has 224 valence electrons. The zero-order valence-corrected chi connectivity index (χ0v) is 28.1. The van der Waals surface area contributed by atoms with Crippen molar-refractivity contribution in [2.75, 3.05) is 19.8 Å². The maximum Gasteiger partial charge on any atom is 0.182 e. The summed E-state index contributed by atoms with van der Waals surface area (Å²) in [5, 5.41) is 1.44. The highest BCUT2D eigenvalue weighted by Gasteiger charge is 2.23. The van der Waals surface area contributed by atoms with Crippen LogP contribution in [-0.2, 0) is 28.7 Å². The first-order valence-corrected chi connectivity index (χ1v) is 17.9. The monoisotopic (exact) mass is 603 g/mol. The number of likely N-dealkylation sites (tertiary alicyclic amines) is 1. The minimum atomic E-state index is -0.562. The Bertz CT molecular complexity index is 1380. The van der Waals surface area contributed by atoms with Gasteiger partial charge in [-0.1, -0.05) is 76.2 Å². The molecule has 1 fully saturated rings. The first-order chi connectivity index (χ1) is 20.0. The van der Waals surface area contributed by atoms with E-state index in [-0.39, 0.29) is 11.7 Å². The van der Waals surface area contributed by atoms with Crippen LogP contribution in [0.3, 0.4) is 0 Å². The number of hydrogen-bond donors (Lipinski definition) is 0. The van der Waals surface area contributed by atoms with E-state index in [1.807, 2.05) is 0 Å². The van der Waals surface area contributed by atoms with E-state index in [0.29, 0.717) is 15.2 Å². The molecule has 7 heteroatoms. The summed E-state index contributed by atoms with van der Waals surface area (Å²) >= 11 is 0. The number of aryl methyl sites for hydroxylation is 2. The summed E-state index contributed by atoms with van der Waals surface area (Å²) in [5.41, 5.74) is 7.46. The van der Waals surface area contributed by atoms with Gasteiger partial charge in [-0.25, -0.2) is 9.74 Å². The standard InChI is InChI=1S/C35H47N3O2P2/c1-9-32-22-33(37-42(32)24-29-12-10-25(2)11-13-29)34(41-8)36-26(3)30-16-14-28(15-17-30)23-39-31-18-20-38(21-19-31)27(4)40-35(5,6)7/h10-17,22,31,41H,3-4,9,18-21,23-24H2,1-2,5-8H3. The molecule has 1 aromatic heterocycles. The largest absolute Gasteiger partial charge is 0.474 e. The molecular weight excluding hydrogens is 556 g/mol. The number of hydrogen-bond acceptors (Lipinski definition) is 5. The van der Waals surface area contributed by atoms with Crippen molar-refractivity contribution < 1.29 is 9.47 Å². The maximum absolute atomic E-state index is 6.26. The Labute approximate surface area is 256 Å². The molecule has 0 radical (unpaired) electrons. The lowest BCUT2D eigenvalue weighted by Gasteiger charge is -2.36. The van der Waals surface area contributed by atoms with Crippen LogP contribution in [-0.4, -0.2) is 46.6 Å². The van der Waals surface area contributed by atoms with Crippen LogP contribution in [0.15, 0.2) is 78.6 Å². The fourth-order valence-corrected chi connectivity index (χ4v) is 7.73. The molecule has 3 aromatic rings. The molecule has 0 bridgehead atoms. The second kappa shape index (κ2) is 14.6. The summed E-state index contributed by atoms with van der Waals surface area (Å²) in [6.45, 7) is 23.5. The molecule has 2 heterocycles. The first-order valence-electron chi connectivity index (χ1n) is 15.0. The van der Waals surface area contributed by atoms with E-state index in [0.717, 1.165) is 72.4 Å². The fourth-order valence-electron chi connectivity index (χ4n) is 5.00. The van der Waals surface area contributed by atoms with Gasteiger partial charge in [0, 0.05) is 19.3 Å². The molecule has 1 saturated heterocycles. The third kappa shape index (κ3) is 9.14. The van der Waals surface area contributed by atoms with Crippen molar-refractivity contribution in [2.24, 2.45) is 4.99 Å². The molecule has 0 aliphatic carbocycles. The molecule has 0 amide bonds. The van der Waals surface area contributed by atoms with Crippen LogP contribution in [0.5, 0.6) is 0 Å². The van der Waals surface area contributed by atoms with Gasteiger partial charge in [0.15, 0.2) is 5.88 Å². The highest BCUT2D eigenvalue weighted by Crippen LogP contribution is 2.38. The van der Waals surface area contributed by atoms with E-state index in [9.17, 15) is 0 Å². The van der Waals surface area contributed by atoms with Crippen LogP contribution in [0.2, 0.25) is 0 Å². The van der Waals surface area contributed by atoms with Crippen molar-refractivity contribution in [3.05, 3.63) is 107 Å². The molecule has 5 nitrogen and oxygen atoms in total. The summed E-state index contributed by atoms with van der Waals surface area (Å²) < 4.78 is 17.4. The third-order valence-electron chi connectivity index (χ3n) is 7.40. The fraction of sp³-hybridized carbons (Fsp3) is 0.429. The van der Waals surface area contributed by atoms with E-state index in [4.69, 9.17) is 19.2 Å². The molecule has 1 aliphatic rings. The summed E-state index contributed by atoms with van der Waals surface area (Å²) in [7, 11) is -0.0136. The Kier molecular flexibility index (Phi) is 11.2. The van der Waals surface area contributed by atoms with Gasteiger partial charge in [0.05, 0.1) is 29.6 Å². The number of nitrogens with zero attached hydrogens (tertiary/aromatic N) is 3. The van der Waals surface area contributed by atoms with Gasteiger partial charge in [0.25, 0.3) is 0 Å². The number of aromatic nitrogens is 1. The van der Waals surface area contributed by atoms with Gasteiger partial charge in [0.2, 0.25) is 0 Å². The SMILES string of the molecule is C=C(N=C(PC)c1cc(CC)p(Cc2ccc(C)cc2)n1)c1ccc(COC2CCN(C(=C)OC(C)(C)C)CC2)cc1. The average molecular weight is 604 g/mol. The van der Waals surface area contributed by atoms with Crippen LogP contribution in [0.4, 0.5) is 0 Å². The number of ether oxygens (including phenoxy) is 2. The molecule has 0 N–H and O–H groups in total. The zero-order valence-electron chi connectivity index (χ0n) is 26.2. The second-order valence-corrected chi connectivity index (χ2v) is 14.8. The molecule has 42 heavy (non-hydrogen) atoms. The topological polar surface area (TPSA) is 47.0 Å². The van der Waals surface area contributed by atoms with Gasteiger partial charge >= 0.3 is 0 Å². The Morgan fingerprint density at radius 1 is 1.05 bits per heavy atom. The number of aliphatic imine (C=N–C) groups is 1. The van der Waals surface area contributed by atoms with Crippen molar-refractivity contribution in [1.82, 2.24) is 9.65 Å². The lowest BCUT2D eigenvalue weighted by Crippen LogP contribution is -2.38. The summed E-state index contributed by atoms with van der Waals surface area (Å²) in [6, 6.07) is 19.6. The average Bonchev–Trinajstić information content (AvgIpc) is 3.38. The molecule has 0 spiro atoms. The highest BCUT2D eigenvalue weighted by atomic mass is 31.1. The second-order valence-electron chi connectivity index (χ2n) is 12.0. The molecular formula is C35H47N3O2P2. The summed E-state index contributed by atoms with van der Waals surface area (Å²) in [5.74, 6) is 0.760. The van der Waals surface area contributed by atoms with E-state index in [1.165, 1.54) is 16.4 Å². The summed E-state index contributed by atoms with van der Waals surface area (Å²) in [4.78, 5) is 7.20. The van der Waals surface area contributed by atoms with Crippen molar-refractivity contribution >= 4 is 27.4 Å². The van der Waals surface area contributed by atoms with Gasteiger partial charge < -0.3 is 14.4 Å². The van der Waals surface area contributed by atoms with Crippen molar-refractivity contribution in [3.8, 4) is 0 Å². The Morgan fingerprint density at radius 3 is 2.29 bits per heavy atom. The van der Waals surface area contributed by atoms with Crippen molar-refractivity contribution in [2.45, 2.75) is 78.4 Å².